The molecule has 0 saturated carbocycles. The zero-order valence-electron chi connectivity index (χ0n) is 8.33. The van der Waals surface area contributed by atoms with E-state index in [9.17, 15) is 0 Å². The molecule has 13 heavy (non-hydrogen) atoms. The van der Waals surface area contributed by atoms with Gasteiger partial charge in [0, 0.05) is 12.6 Å². The van der Waals surface area contributed by atoms with Crippen molar-refractivity contribution in [3.63, 3.8) is 0 Å². The number of amidine groups is 1. The van der Waals surface area contributed by atoms with Gasteiger partial charge in [0.1, 0.15) is 0 Å². The molecule has 0 spiro atoms. The zero-order chi connectivity index (χ0) is 10.1. The molecule has 0 fully saturated rings. The first kappa shape index (κ1) is 9.77. The summed E-state index contributed by atoms with van der Waals surface area (Å²) in [7, 11) is 0. The zero-order valence-corrected chi connectivity index (χ0v) is 8.33. The fraction of sp³-hybridized carbons (Fsp3) is 0.556. The second-order valence-corrected chi connectivity index (χ2v) is 4.17. The fourth-order valence-electron chi connectivity index (χ4n) is 1.04. The molecule has 0 aliphatic rings. The lowest BCUT2D eigenvalue weighted by atomic mass is 10.1. The Labute approximate surface area is 78.3 Å². The standard InChI is InChI=1S/C9H16N4/c1-9(2,3)13-6-7(5-12-13)4-8(10)11/h5-6H,4H2,1-3H3,(H3,10,11). The van der Waals surface area contributed by atoms with Crippen molar-refractivity contribution in [2.45, 2.75) is 32.7 Å². The molecule has 4 heteroatoms. The quantitative estimate of drug-likeness (QED) is 0.529. The molecule has 1 rings (SSSR count). The molecule has 0 aliphatic carbocycles. The van der Waals surface area contributed by atoms with Crippen LogP contribution in [0.25, 0.3) is 0 Å². The molecule has 0 aliphatic heterocycles. The number of aromatic nitrogens is 2. The lowest BCUT2D eigenvalue weighted by molar-refractivity contribution is 0.355. The van der Waals surface area contributed by atoms with Gasteiger partial charge < -0.3 is 5.73 Å². The van der Waals surface area contributed by atoms with Crippen LogP contribution in [-0.2, 0) is 12.0 Å². The van der Waals surface area contributed by atoms with Crippen LogP contribution in [0.15, 0.2) is 12.4 Å². The first-order chi connectivity index (χ1) is 5.89. The highest BCUT2D eigenvalue weighted by molar-refractivity contribution is 5.79. The molecule has 72 valence electrons. The van der Waals surface area contributed by atoms with Crippen LogP contribution in [0.4, 0.5) is 0 Å². The average molecular weight is 180 g/mol. The maximum atomic E-state index is 7.14. The van der Waals surface area contributed by atoms with Crippen molar-refractivity contribution in [3.8, 4) is 0 Å². The summed E-state index contributed by atoms with van der Waals surface area (Å²) in [5.41, 5.74) is 6.27. The number of hydrogen-bond donors (Lipinski definition) is 2. The van der Waals surface area contributed by atoms with Gasteiger partial charge in [-0.25, -0.2) is 0 Å². The molecule has 0 bridgehead atoms. The van der Waals surface area contributed by atoms with Crippen molar-refractivity contribution >= 4 is 5.84 Å². The van der Waals surface area contributed by atoms with Gasteiger partial charge in [-0.3, -0.25) is 10.1 Å². The van der Waals surface area contributed by atoms with E-state index in [0.717, 1.165) is 5.56 Å². The van der Waals surface area contributed by atoms with E-state index in [-0.39, 0.29) is 11.4 Å². The summed E-state index contributed by atoms with van der Waals surface area (Å²) < 4.78 is 1.88. The van der Waals surface area contributed by atoms with E-state index in [2.05, 4.69) is 25.9 Å². The highest BCUT2D eigenvalue weighted by Crippen LogP contribution is 2.13. The fourth-order valence-corrected chi connectivity index (χ4v) is 1.04. The summed E-state index contributed by atoms with van der Waals surface area (Å²) in [4.78, 5) is 0. The van der Waals surface area contributed by atoms with E-state index in [0.29, 0.717) is 6.42 Å². The van der Waals surface area contributed by atoms with Gasteiger partial charge >= 0.3 is 0 Å². The predicted molar refractivity (Wildman–Crippen MR) is 52.8 cm³/mol. The summed E-state index contributed by atoms with van der Waals surface area (Å²) in [5.74, 6) is 0.174. The molecule has 0 atom stereocenters. The summed E-state index contributed by atoms with van der Waals surface area (Å²) in [6, 6.07) is 0. The first-order valence-corrected chi connectivity index (χ1v) is 4.26. The maximum Gasteiger partial charge on any atom is 0.0951 e. The SMILES string of the molecule is CC(C)(C)n1cc(CC(=N)N)cn1. The largest absolute Gasteiger partial charge is 0.387 e. The smallest absolute Gasteiger partial charge is 0.0951 e. The lowest BCUT2D eigenvalue weighted by Gasteiger charge is -2.18. The molecule has 1 aromatic heterocycles. The van der Waals surface area contributed by atoms with Gasteiger partial charge in [-0.15, -0.1) is 0 Å². The van der Waals surface area contributed by atoms with Crippen molar-refractivity contribution in [1.29, 1.82) is 5.41 Å². The van der Waals surface area contributed by atoms with Gasteiger partial charge in [-0.05, 0) is 26.3 Å². The van der Waals surface area contributed by atoms with Crippen LogP contribution in [0.5, 0.6) is 0 Å². The molecule has 0 saturated heterocycles. The molecule has 1 heterocycles. The van der Waals surface area contributed by atoms with Crippen molar-refractivity contribution in [1.82, 2.24) is 9.78 Å². The van der Waals surface area contributed by atoms with Gasteiger partial charge in [-0.2, -0.15) is 5.10 Å². The van der Waals surface area contributed by atoms with Crippen LogP contribution >= 0.6 is 0 Å². The van der Waals surface area contributed by atoms with Gasteiger partial charge in [0.25, 0.3) is 0 Å². The Kier molecular flexibility index (Phi) is 2.40. The molecular formula is C9H16N4. The van der Waals surface area contributed by atoms with E-state index in [1.807, 2.05) is 10.9 Å². The van der Waals surface area contributed by atoms with Crippen LogP contribution in [0.3, 0.4) is 0 Å². The topological polar surface area (TPSA) is 67.7 Å². The highest BCUT2D eigenvalue weighted by atomic mass is 15.3. The third kappa shape index (κ3) is 2.57. The van der Waals surface area contributed by atoms with E-state index < -0.39 is 0 Å². The van der Waals surface area contributed by atoms with Crippen molar-refractivity contribution in [3.05, 3.63) is 18.0 Å². The van der Waals surface area contributed by atoms with E-state index >= 15 is 0 Å². The number of nitrogens with zero attached hydrogens (tertiary/aromatic N) is 2. The molecule has 0 amide bonds. The second-order valence-electron chi connectivity index (χ2n) is 4.17. The maximum absolute atomic E-state index is 7.14. The van der Waals surface area contributed by atoms with E-state index in [1.54, 1.807) is 6.20 Å². The van der Waals surface area contributed by atoms with Crippen LogP contribution in [0, 0.1) is 5.41 Å². The Morgan fingerprint density at radius 1 is 1.62 bits per heavy atom. The normalized spacial score (nSPS) is 11.6. The number of nitrogens with two attached hydrogens (primary N) is 1. The molecule has 1 aromatic rings. The van der Waals surface area contributed by atoms with E-state index in [4.69, 9.17) is 11.1 Å². The van der Waals surface area contributed by atoms with E-state index in [1.165, 1.54) is 0 Å². The summed E-state index contributed by atoms with van der Waals surface area (Å²) in [6.07, 6.45) is 4.17. The van der Waals surface area contributed by atoms with Crippen LogP contribution < -0.4 is 5.73 Å². The molecule has 4 nitrogen and oxygen atoms in total. The van der Waals surface area contributed by atoms with Crippen molar-refractivity contribution < 1.29 is 0 Å². The Bertz CT molecular complexity index is 306. The van der Waals surface area contributed by atoms with Crippen LogP contribution in [0.2, 0.25) is 0 Å². The average Bonchev–Trinajstić information content (AvgIpc) is 2.32. The number of hydrogen-bond acceptors (Lipinski definition) is 2. The summed E-state index contributed by atoms with van der Waals surface area (Å²) in [6.45, 7) is 6.24. The minimum atomic E-state index is -0.00492. The molecule has 3 N–H and O–H groups in total. The van der Waals surface area contributed by atoms with Gasteiger partial charge in [0.05, 0.1) is 17.6 Å². The molecular weight excluding hydrogens is 164 g/mol. The summed E-state index contributed by atoms with van der Waals surface area (Å²) in [5, 5.41) is 11.3. The Morgan fingerprint density at radius 3 is 2.62 bits per heavy atom. The van der Waals surface area contributed by atoms with Gasteiger partial charge in [-0.1, -0.05) is 0 Å². The minimum absolute atomic E-state index is 0.00492. The molecule has 0 radical (unpaired) electrons. The summed E-state index contributed by atoms with van der Waals surface area (Å²) >= 11 is 0. The second kappa shape index (κ2) is 3.20. The molecule has 0 unspecified atom stereocenters. The first-order valence-electron chi connectivity index (χ1n) is 4.26. The van der Waals surface area contributed by atoms with Crippen LogP contribution in [0.1, 0.15) is 26.3 Å². The number of rotatable bonds is 2. The van der Waals surface area contributed by atoms with Crippen molar-refractivity contribution in [2.75, 3.05) is 0 Å². The Hall–Kier alpha value is -1.32. The van der Waals surface area contributed by atoms with Crippen molar-refractivity contribution in [2.24, 2.45) is 5.73 Å². The van der Waals surface area contributed by atoms with Crippen LogP contribution in [-0.4, -0.2) is 15.6 Å². The highest BCUT2D eigenvalue weighted by Gasteiger charge is 2.13. The lowest BCUT2D eigenvalue weighted by Crippen LogP contribution is -2.22. The third-order valence-corrected chi connectivity index (χ3v) is 1.72. The minimum Gasteiger partial charge on any atom is -0.387 e. The monoisotopic (exact) mass is 180 g/mol. The predicted octanol–water partition coefficient (Wildman–Crippen LogP) is 1.12. The van der Waals surface area contributed by atoms with Gasteiger partial charge in [0.15, 0.2) is 0 Å². The Balaban J connectivity index is 2.81. The Morgan fingerprint density at radius 2 is 2.23 bits per heavy atom. The van der Waals surface area contributed by atoms with Gasteiger partial charge in [0.2, 0.25) is 0 Å². The third-order valence-electron chi connectivity index (χ3n) is 1.72. The number of nitrogens with one attached hydrogen (secondary N) is 1. The molecule has 0 aromatic carbocycles.